The second-order valence-corrected chi connectivity index (χ2v) is 4.92. The summed E-state index contributed by atoms with van der Waals surface area (Å²) in [6.45, 7) is 0.312. The molecule has 2 rings (SSSR count). The largest absolute Gasteiger partial charge is 0.445 e. The monoisotopic (exact) mass is 258 g/mol. The topological polar surface area (TPSA) is 50.4 Å². The summed E-state index contributed by atoms with van der Waals surface area (Å²) in [5.74, 6) is 0. The third-order valence-corrected chi connectivity index (χ3v) is 3.50. The summed E-state index contributed by atoms with van der Waals surface area (Å²) < 4.78 is 5.19. The standard InChI is InChI=1S/C14H19BN2O2/c15-17-13-8-6-12(7-9-13)16-14(18)19-10-11-4-2-1-3-5-11/h1-5,12-13,17H,6-10H2,(H,16,18). The van der Waals surface area contributed by atoms with E-state index in [0.29, 0.717) is 12.6 Å². The quantitative estimate of drug-likeness (QED) is 0.811. The second kappa shape index (κ2) is 7.19. The summed E-state index contributed by atoms with van der Waals surface area (Å²) in [5, 5.41) is 5.68. The van der Waals surface area contributed by atoms with Crippen molar-refractivity contribution in [3.63, 3.8) is 0 Å². The van der Waals surface area contributed by atoms with Gasteiger partial charge < -0.3 is 15.3 Å². The molecule has 4 nitrogen and oxygen atoms in total. The van der Waals surface area contributed by atoms with E-state index in [-0.39, 0.29) is 12.1 Å². The number of carbonyl (C=O) groups excluding carboxylic acids is 1. The molecule has 5 heteroatoms. The van der Waals surface area contributed by atoms with Crippen molar-refractivity contribution in [2.75, 3.05) is 0 Å². The first-order valence-electron chi connectivity index (χ1n) is 6.71. The Kier molecular flexibility index (Phi) is 5.27. The summed E-state index contributed by atoms with van der Waals surface area (Å²) in [5.41, 5.74) is 0.994. The molecule has 1 aliphatic carbocycles. The highest BCUT2D eigenvalue weighted by molar-refractivity contribution is 6.04. The first-order chi connectivity index (χ1) is 9.28. The van der Waals surface area contributed by atoms with Crippen molar-refractivity contribution in [2.45, 2.75) is 44.4 Å². The highest BCUT2D eigenvalue weighted by Gasteiger charge is 2.21. The molecule has 19 heavy (non-hydrogen) atoms. The number of carbonyl (C=O) groups is 1. The molecule has 2 N–H and O–H groups in total. The second-order valence-electron chi connectivity index (χ2n) is 4.92. The van der Waals surface area contributed by atoms with E-state index in [0.717, 1.165) is 31.2 Å². The number of nitrogens with one attached hydrogen (secondary N) is 2. The van der Waals surface area contributed by atoms with Gasteiger partial charge in [0.05, 0.1) is 0 Å². The van der Waals surface area contributed by atoms with Crippen LogP contribution in [0.15, 0.2) is 30.3 Å². The van der Waals surface area contributed by atoms with E-state index < -0.39 is 0 Å². The summed E-state index contributed by atoms with van der Waals surface area (Å²) in [6, 6.07) is 10.2. The lowest BCUT2D eigenvalue weighted by atomic mass is 9.90. The van der Waals surface area contributed by atoms with Crippen LogP contribution in [0.25, 0.3) is 0 Å². The van der Waals surface area contributed by atoms with E-state index in [1.165, 1.54) is 0 Å². The highest BCUT2D eigenvalue weighted by Crippen LogP contribution is 2.18. The minimum atomic E-state index is -0.340. The van der Waals surface area contributed by atoms with Crippen LogP contribution in [-0.4, -0.2) is 26.2 Å². The molecule has 0 unspecified atom stereocenters. The van der Waals surface area contributed by atoms with Crippen LogP contribution in [0, 0.1) is 0 Å². The molecule has 0 heterocycles. The van der Waals surface area contributed by atoms with Gasteiger partial charge in [-0.15, -0.1) is 0 Å². The molecule has 100 valence electrons. The molecule has 0 aromatic heterocycles. The fraction of sp³-hybridized carbons (Fsp3) is 0.500. The SMILES string of the molecule is [B]NC1CCC(NC(=O)OCc2ccccc2)CC1. The predicted octanol–water partition coefficient (Wildman–Crippen LogP) is 1.90. The lowest BCUT2D eigenvalue weighted by Gasteiger charge is -2.28. The first-order valence-corrected chi connectivity index (χ1v) is 6.71. The molecular formula is C14H19BN2O2. The maximum atomic E-state index is 11.7. The summed E-state index contributed by atoms with van der Waals surface area (Å²) >= 11 is 0. The Morgan fingerprint density at radius 2 is 1.79 bits per heavy atom. The summed E-state index contributed by atoms with van der Waals surface area (Å²) in [7, 11) is 5.40. The van der Waals surface area contributed by atoms with Crippen molar-refractivity contribution in [3.05, 3.63) is 35.9 Å². The van der Waals surface area contributed by atoms with Gasteiger partial charge in [-0.25, -0.2) is 4.79 Å². The third kappa shape index (κ3) is 4.60. The van der Waals surface area contributed by atoms with E-state index >= 15 is 0 Å². The van der Waals surface area contributed by atoms with Gasteiger partial charge in [-0.2, -0.15) is 0 Å². The van der Waals surface area contributed by atoms with Crippen molar-refractivity contribution < 1.29 is 9.53 Å². The van der Waals surface area contributed by atoms with E-state index in [1.54, 1.807) is 0 Å². The van der Waals surface area contributed by atoms with Crippen LogP contribution in [0.4, 0.5) is 4.79 Å². The minimum absolute atomic E-state index is 0.202. The smallest absolute Gasteiger partial charge is 0.407 e. The van der Waals surface area contributed by atoms with Crippen LogP contribution in [0.3, 0.4) is 0 Å². The zero-order valence-electron chi connectivity index (χ0n) is 11.0. The maximum Gasteiger partial charge on any atom is 0.407 e. The Morgan fingerprint density at radius 3 is 2.42 bits per heavy atom. The van der Waals surface area contributed by atoms with Gasteiger partial charge in [0.25, 0.3) is 0 Å². The lowest BCUT2D eigenvalue weighted by molar-refractivity contribution is 0.132. The molecule has 1 aromatic carbocycles. The van der Waals surface area contributed by atoms with E-state index in [9.17, 15) is 4.79 Å². The van der Waals surface area contributed by atoms with Gasteiger partial charge >= 0.3 is 6.09 Å². The molecule has 1 fully saturated rings. The van der Waals surface area contributed by atoms with E-state index in [2.05, 4.69) is 10.5 Å². The molecule has 1 saturated carbocycles. The molecular weight excluding hydrogens is 239 g/mol. The van der Waals surface area contributed by atoms with Crippen LogP contribution in [-0.2, 0) is 11.3 Å². The minimum Gasteiger partial charge on any atom is -0.445 e. The lowest BCUT2D eigenvalue weighted by Crippen LogP contribution is -2.41. The van der Waals surface area contributed by atoms with Gasteiger partial charge in [0, 0.05) is 6.04 Å². The Hall–Kier alpha value is -1.49. The van der Waals surface area contributed by atoms with Crippen LogP contribution in [0.1, 0.15) is 31.2 Å². The van der Waals surface area contributed by atoms with Crippen molar-refractivity contribution in [1.82, 2.24) is 10.5 Å². The maximum absolute atomic E-state index is 11.7. The van der Waals surface area contributed by atoms with Gasteiger partial charge in [-0.3, -0.25) is 0 Å². The molecule has 0 aliphatic heterocycles. The van der Waals surface area contributed by atoms with Crippen LogP contribution in [0.2, 0.25) is 0 Å². The average Bonchev–Trinajstić information content (AvgIpc) is 2.47. The number of hydrogen-bond acceptors (Lipinski definition) is 3. The van der Waals surface area contributed by atoms with Gasteiger partial charge in [0.1, 0.15) is 6.61 Å². The van der Waals surface area contributed by atoms with Gasteiger partial charge in [-0.05, 0) is 37.3 Å². The van der Waals surface area contributed by atoms with E-state index in [1.807, 2.05) is 30.3 Å². The van der Waals surface area contributed by atoms with Crippen molar-refractivity contribution in [3.8, 4) is 0 Å². The van der Waals surface area contributed by atoms with Crippen molar-refractivity contribution in [1.29, 1.82) is 0 Å². The Labute approximate surface area is 115 Å². The van der Waals surface area contributed by atoms with Gasteiger partial charge in [-0.1, -0.05) is 30.3 Å². The van der Waals surface area contributed by atoms with Gasteiger partial charge in [0.15, 0.2) is 7.98 Å². The van der Waals surface area contributed by atoms with E-state index in [4.69, 9.17) is 12.7 Å². The number of hydrogen-bond donors (Lipinski definition) is 2. The Balaban J connectivity index is 1.67. The molecule has 2 radical (unpaired) electrons. The van der Waals surface area contributed by atoms with Crippen molar-refractivity contribution >= 4 is 14.1 Å². The zero-order valence-corrected chi connectivity index (χ0v) is 11.0. The number of benzene rings is 1. The molecule has 0 bridgehead atoms. The van der Waals surface area contributed by atoms with Crippen LogP contribution < -0.4 is 10.5 Å². The molecule has 1 aromatic rings. The summed E-state index contributed by atoms with van der Waals surface area (Å²) in [6.07, 6.45) is 3.51. The first kappa shape index (κ1) is 13.9. The highest BCUT2D eigenvalue weighted by atomic mass is 16.5. The predicted molar refractivity (Wildman–Crippen MR) is 74.7 cm³/mol. The van der Waals surface area contributed by atoms with Crippen molar-refractivity contribution in [2.24, 2.45) is 0 Å². The number of alkyl carbamates (subject to hydrolysis) is 1. The van der Waals surface area contributed by atoms with Crippen LogP contribution >= 0.6 is 0 Å². The van der Waals surface area contributed by atoms with Gasteiger partial charge in [0.2, 0.25) is 0 Å². The number of rotatable bonds is 4. The molecule has 0 spiro atoms. The molecule has 0 saturated heterocycles. The number of ether oxygens (including phenoxy) is 1. The molecule has 1 amide bonds. The third-order valence-electron chi connectivity index (χ3n) is 3.50. The number of amides is 1. The fourth-order valence-electron chi connectivity index (χ4n) is 2.34. The Bertz CT molecular complexity index is 392. The molecule has 0 atom stereocenters. The average molecular weight is 258 g/mol. The Morgan fingerprint density at radius 1 is 1.16 bits per heavy atom. The van der Waals surface area contributed by atoms with Crippen LogP contribution in [0.5, 0.6) is 0 Å². The fourth-order valence-corrected chi connectivity index (χ4v) is 2.34. The molecule has 1 aliphatic rings. The normalized spacial score (nSPS) is 22.7. The zero-order chi connectivity index (χ0) is 13.5. The summed E-state index contributed by atoms with van der Waals surface area (Å²) in [4.78, 5) is 11.7.